The van der Waals surface area contributed by atoms with E-state index in [1.165, 1.54) is 21.5 Å². The first-order valence-electron chi connectivity index (χ1n) is 15.0. The quantitative estimate of drug-likeness (QED) is 0.196. The first kappa shape index (κ1) is 25.4. The Labute approximate surface area is 259 Å². The van der Waals surface area contributed by atoms with Crippen LogP contribution in [0, 0.1) is 0 Å². The van der Waals surface area contributed by atoms with Crippen molar-refractivity contribution in [3.05, 3.63) is 152 Å². The van der Waals surface area contributed by atoms with Crippen molar-refractivity contribution >= 4 is 43.5 Å². The second-order valence-electron chi connectivity index (χ2n) is 11.3. The molecule has 0 N–H and O–H groups in total. The van der Waals surface area contributed by atoms with Crippen LogP contribution in [0.5, 0.6) is 0 Å². The van der Waals surface area contributed by atoms with Gasteiger partial charge in [0.15, 0.2) is 17.5 Å². The minimum Gasteiger partial charge on any atom is -0.456 e. The minimum atomic E-state index is 0.601. The Kier molecular flexibility index (Phi) is 5.78. The molecule has 9 rings (SSSR count). The monoisotopic (exact) mass is 575 g/mol. The Morgan fingerprint density at radius 2 is 0.800 bits per heavy atom. The molecule has 0 bridgehead atoms. The van der Waals surface area contributed by atoms with Gasteiger partial charge in [-0.1, -0.05) is 121 Å². The lowest BCUT2D eigenvalue weighted by Crippen LogP contribution is -2.00. The van der Waals surface area contributed by atoms with Gasteiger partial charge in [-0.2, -0.15) is 0 Å². The Morgan fingerprint density at radius 1 is 0.311 bits per heavy atom. The molecule has 2 heterocycles. The van der Waals surface area contributed by atoms with Gasteiger partial charge < -0.3 is 4.42 Å². The smallest absolute Gasteiger partial charge is 0.164 e. The van der Waals surface area contributed by atoms with Crippen LogP contribution in [0.2, 0.25) is 0 Å². The maximum Gasteiger partial charge on any atom is 0.164 e. The molecular formula is C41H25N3O. The van der Waals surface area contributed by atoms with Gasteiger partial charge in [0, 0.05) is 27.5 Å². The van der Waals surface area contributed by atoms with Crippen molar-refractivity contribution in [2.24, 2.45) is 0 Å². The Hall–Kier alpha value is -6.13. The minimum absolute atomic E-state index is 0.601. The number of aromatic nitrogens is 3. The second kappa shape index (κ2) is 10.2. The summed E-state index contributed by atoms with van der Waals surface area (Å²) in [4.78, 5) is 15.0. The van der Waals surface area contributed by atoms with Crippen molar-refractivity contribution in [3.8, 4) is 45.3 Å². The largest absolute Gasteiger partial charge is 0.456 e. The van der Waals surface area contributed by atoms with Gasteiger partial charge in [0.2, 0.25) is 0 Å². The molecule has 0 spiro atoms. The van der Waals surface area contributed by atoms with Crippen molar-refractivity contribution in [2.45, 2.75) is 0 Å². The van der Waals surface area contributed by atoms with E-state index < -0.39 is 0 Å². The summed E-state index contributed by atoms with van der Waals surface area (Å²) >= 11 is 0. The van der Waals surface area contributed by atoms with E-state index in [0.29, 0.717) is 17.5 Å². The third kappa shape index (κ3) is 4.43. The molecule has 0 unspecified atom stereocenters. The van der Waals surface area contributed by atoms with Crippen molar-refractivity contribution < 1.29 is 4.42 Å². The molecule has 0 saturated heterocycles. The van der Waals surface area contributed by atoms with Crippen molar-refractivity contribution in [3.63, 3.8) is 0 Å². The standard InChI is InChI=1S/C41H25N3O/c1-3-9-26(10-4-1)30-19-21-34-35-22-20-32(25-38(35)45-37(34)24-30)41-43-39(29-12-5-2-6-13-29)42-40(44-41)31-18-17-28-16-15-27-11-7-8-14-33(27)36(28)23-31/h1-25H. The molecule has 4 heteroatoms. The molecule has 0 atom stereocenters. The molecule has 0 amide bonds. The van der Waals surface area contributed by atoms with Gasteiger partial charge in [0.25, 0.3) is 0 Å². The highest BCUT2D eigenvalue weighted by Gasteiger charge is 2.16. The number of rotatable bonds is 4. The van der Waals surface area contributed by atoms with E-state index in [2.05, 4.69) is 109 Å². The van der Waals surface area contributed by atoms with Gasteiger partial charge in [-0.05, 0) is 63.0 Å². The number of fused-ring (bicyclic) bond motifs is 6. The SMILES string of the molecule is c1ccc(-c2ccc3c(c2)oc2cc(-c4nc(-c5ccccc5)nc(-c5ccc6ccc7ccccc7c6c5)n4)ccc23)cc1. The molecule has 210 valence electrons. The fraction of sp³-hybridized carbons (Fsp3) is 0. The maximum atomic E-state index is 6.42. The third-order valence-electron chi connectivity index (χ3n) is 8.51. The first-order chi connectivity index (χ1) is 22.3. The fourth-order valence-electron chi connectivity index (χ4n) is 6.22. The van der Waals surface area contributed by atoms with Crippen LogP contribution in [0.4, 0.5) is 0 Å². The van der Waals surface area contributed by atoms with Crippen molar-refractivity contribution in [1.82, 2.24) is 15.0 Å². The first-order valence-corrected chi connectivity index (χ1v) is 15.0. The lowest BCUT2D eigenvalue weighted by Gasteiger charge is -2.10. The number of hydrogen-bond acceptors (Lipinski definition) is 4. The lowest BCUT2D eigenvalue weighted by atomic mass is 10.00. The Balaban J connectivity index is 1.20. The fourth-order valence-corrected chi connectivity index (χ4v) is 6.22. The molecule has 0 aliphatic heterocycles. The number of hydrogen-bond donors (Lipinski definition) is 0. The molecule has 0 aliphatic carbocycles. The zero-order valence-electron chi connectivity index (χ0n) is 24.2. The summed E-state index contributed by atoms with van der Waals surface area (Å²) in [6, 6.07) is 52.3. The van der Waals surface area contributed by atoms with E-state index in [1.54, 1.807) is 0 Å². The molecule has 0 saturated carbocycles. The molecule has 0 radical (unpaired) electrons. The summed E-state index contributed by atoms with van der Waals surface area (Å²) in [5.74, 6) is 1.86. The van der Waals surface area contributed by atoms with Crippen LogP contribution in [-0.2, 0) is 0 Å². The second-order valence-corrected chi connectivity index (χ2v) is 11.3. The predicted molar refractivity (Wildman–Crippen MR) is 184 cm³/mol. The summed E-state index contributed by atoms with van der Waals surface area (Å²) in [5, 5.41) is 6.92. The molecule has 0 fully saturated rings. The van der Waals surface area contributed by atoms with Gasteiger partial charge in [0.05, 0.1) is 0 Å². The van der Waals surface area contributed by atoms with Gasteiger partial charge in [-0.15, -0.1) is 0 Å². The summed E-state index contributed by atoms with van der Waals surface area (Å²) < 4.78 is 6.42. The van der Waals surface area contributed by atoms with E-state index in [1.807, 2.05) is 42.5 Å². The van der Waals surface area contributed by atoms with Gasteiger partial charge in [0.1, 0.15) is 11.2 Å². The molecule has 9 aromatic rings. The zero-order chi connectivity index (χ0) is 29.7. The summed E-state index contributed by atoms with van der Waals surface area (Å²) in [6.07, 6.45) is 0. The van der Waals surface area contributed by atoms with Crippen LogP contribution in [0.3, 0.4) is 0 Å². The van der Waals surface area contributed by atoms with Crippen LogP contribution in [-0.4, -0.2) is 15.0 Å². The van der Waals surface area contributed by atoms with Crippen LogP contribution in [0.25, 0.3) is 88.8 Å². The molecule has 2 aromatic heterocycles. The molecule has 4 nitrogen and oxygen atoms in total. The maximum absolute atomic E-state index is 6.42. The average molecular weight is 576 g/mol. The van der Waals surface area contributed by atoms with Crippen molar-refractivity contribution in [1.29, 1.82) is 0 Å². The van der Waals surface area contributed by atoms with Gasteiger partial charge in [-0.25, -0.2) is 15.0 Å². The van der Waals surface area contributed by atoms with Crippen LogP contribution in [0.15, 0.2) is 156 Å². The number of furan rings is 1. The Bertz CT molecular complexity index is 2540. The topological polar surface area (TPSA) is 51.8 Å². The van der Waals surface area contributed by atoms with E-state index in [4.69, 9.17) is 19.4 Å². The van der Waals surface area contributed by atoms with Gasteiger partial charge >= 0.3 is 0 Å². The highest BCUT2D eigenvalue weighted by atomic mass is 16.3. The molecular weight excluding hydrogens is 550 g/mol. The third-order valence-corrected chi connectivity index (χ3v) is 8.51. The lowest BCUT2D eigenvalue weighted by molar-refractivity contribution is 0.669. The Morgan fingerprint density at radius 3 is 1.51 bits per heavy atom. The highest BCUT2D eigenvalue weighted by Crippen LogP contribution is 2.35. The predicted octanol–water partition coefficient (Wildman–Crippen LogP) is 10.7. The van der Waals surface area contributed by atoms with Gasteiger partial charge in [-0.3, -0.25) is 0 Å². The van der Waals surface area contributed by atoms with E-state index in [-0.39, 0.29) is 0 Å². The number of benzene rings is 7. The number of nitrogens with zero attached hydrogens (tertiary/aromatic N) is 3. The highest BCUT2D eigenvalue weighted by molar-refractivity contribution is 6.09. The van der Waals surface area contributed by atoms with Crippen LogP contribution in [0.1, 0.15) is 0 Å². The summed E-state index contributed by atoms with van der Waals surface area (Å²) in [5.41, 5.74) is 6.69. The summed E-state index contributed by atoms with van der Waals surface area (Å²) in [6.45, 7) is 0. The average Bonchev–Trinajstić information content (AvgIpc) is 3.49. The molecule has 45 heavy (non-hydrogen) atoms. The molecule has 7 aromatic carbocycles. The van der Waals surface area contributed by atoms with E-state index >= 15 is 0 Å². The van der Waals surface area contributed by atoms with Crippen LogP contribution < -0.4 is 0 Å². The van der Waals surface area contributed by atoms with E-state index in [9.17, 15) is 0 Å². The normalized spacial score (nSPS) is 11.6. The zero-order valence-corrected chi connectivity index (χ0v) is 24.2. The van der Waals surface area contributed by atoms with Crippen LogP contribution >= 0.6 is 0 Å². The summed E-state index contributed by atoms with van der Waals surface area (Å²) in [7, 11) is 0. The van der Waals surface area contributed by atoms with E-state index in [0.717, 1.165) is 49.8 Å². The van der Waals surface area contributed by atoms with Crippen molar-refractivity contribution in [2.75, 3.05) is 0 Å². The molecule has 0 aliphatic rings.